The quantitative estimate of drug-likeness (QED) is 0.0247. The van der Waals surface area contributed by atoms with Gasteiger partial charge >= 0.3 is 11.9 Å². The fraction of sp³-hybridized carbons (Fsp3) is 0.429. The third-order valence-electron chi connectivity index (χ3n) is 9.45. The van der Waals surface area contributed by atoms with Crippen LogP contribution in [0.2, 0.25) is 0 Å². The van der Waals surface area contributed by atoms with Gasteiger partial charge in [-0.1, -0.05) is 84.5 Å². The summed E-state index contributed by atoms with van der Waals surface area (Å²) in [6, 6.07) is 29.0. The summed E-state index contributed by atoms with van der Waals surface area (Å²) in [7, 11) is 0. The van der Waals surface area contributed by atoms with E-state index in [2.05, 4.69) is 23.8 Å². The Kier molecular flexibility index (Phi) is 21.4. The minimum Gasteiger partial charge on any atom is -0.494 e. The van der Waals surface area contributed by atoms with Crippen molar-refractivity contribution in [2.45, 2.75) is 110 Å². The van der Waals surface area contributed by atoms with E-state index in [4.69, 9.17) is 18.9 Å². The monoisotopic (exact) mass is 774 g/mol. The van der Waals surface area contributed by atoms with Crippen LogP contribution in [0.15, 0.2) is 107 Å². The van der Waals surface area contributed by atoms with Crippen LogP contribution in [0, 0.1) is 0 Å². The summed E-state index contributed by atoms with van der Waals surface area (Å²) in [5.74, 6) is 1.76. The lowest BCUT2D eigenvalue weighted by molar-refractivity contribution is 0.0725. The first-order valence-corrected chi connectivity index (χ1v) is 21.1. The van der Waals surface area contributed by atoms with Crippen LogP contribution in [0.1, 0.15) is 142 Å². The number of nitrogens with zero attached hydrogens (tertiary/aromatic N) is 2. The van der Waals surface area contributed by atoms with Crippen LogP contribution in [-0.4, -0.2) is 50.7 Å². The molecular weight excluding hydrogens is 713 g/mol. The Balaban J connectivity index is 0.988. The van der Waals surface area contributed by atoms with Crippen molar-refractivity contribution < 1.29 is 28.5 Å². The second kappa shape index (κ2) is 27.4. The Labute approximate surface area is 340 Å². The van der Waals surface area contributed by atoms with E-state index >= 15 is 0 Å². The van der Waals surface area contributed by atoms with E-state index < -0.39 is 11.9 Å². The molecule has 0 N–H and O–H groups in total. The van der Waals surface area contributed by atoms with Crippen molar-refractivity contribution in [2.75, 3.05) is 26.3 Å². The number of benzene rings is 4. The van der Waals surface area contributed by atoms with Crippen molar-refractivity contribution in [1.82, 2.24) is 0 Å². The average molecular weight is 775 g/mol. The Morgan fingerprint density at radius 1 is 0.421 bits per heavy atom. The number of hydrogen-bond donors (Lipinski definition) is 0. The molecule has 0 aliphatic heterocycles. The molecule has 4 rings (SSSR count). The molecule has 4 aromatic carbocycles. The van der Waals surface area contributed by atoms with Crippen molar-refractivity contribution in [3.63, 3.8) is 0 Å². The number of carbonyl (C=O) groups is 2. The zero-order valence-electron chi connectivity index (χ0n) is 34.2. The van der Waals surface area contributed by atoms with E-state index in [9.17, 15) is 9.59 Å². The molecule has 4 aromatic rings. The van der Waals surface area contributed by atoms with Gasteiger partial charge in [-0.15, -0.1) is 0 Å². The molecule has 0 bridgehead atoms. The van der Waals surface area contributed by atoms with Crippen molar-refractivity contribution in [1.29, 1.82) is 0 Å². The standard InChI is InChI=1S/C49H62N2O6/c1-3-5-7-16-36-54-44-30-22-42(23-31-44)48(52)56-46-26-18-40(19-27-46)38-50-34-14-12-10-9-11-13-15-35-51-39-41-20-28-47(29-21-41)57-49(53)43-24-32-45(33-25-43)55-37-17-8-6-4-2/h18-33,38-39H,3-17,34-37H2,1-2H3. The van der Waals surface area contributed by atoms with Gasteiger partial charge in [0.2, 0.25) is 0 Å². The van der Waals surface area contributed by atoms with Gasteiger partial charge in [0.25, 0.3) is 0 Å². The highest BCUT2D eigenvalue weighted by Gasteiger charge is 2.10. The first-order valence-electron chi connectivity index (χ1n) is 21.1. The maximum atomic E-state index is 12.6. The van der Waals surface area contributed by atoms with Crippen LogP contribution in [0.25, 0.3) is 0 Å². The van der Waals surface area contributed by atoms with Gasteiger partial charge < -0.3 is 18.9 Å². The first kappa shape index (κ1) is 44.5. The van der Waals surface area contributed by atoms with E-state index in [0.717, 1.165) is 61.4 Å². The molecule has 304 valence electrons. The number of esters is 2. The Morgan fingerprint density at radius 3 is 1.12 bits per heavy atom. The lowest BCUT2D eigenvalue weighted by Gasteiger charge is -2.08. The summed E-state index contributed by atoms with van der Waals surface area (Å²) in [6.45, 7) is 7.36. The first-order chi connectivity index (χ1) is 28.0. The summed E-state index contributed by atoms with van der Waals surface area (Å²) in [5.41, 5.74) is 2.94. The molecule has 8 heteroatoms. The summed E-state index contributed by atoms with van der Waals surface area (Å²) in [5, 5.41) is 0. The van der Waals surface area contributed by atoms with Gasteiger partial charge in [0, 0.05) is 25.5 Å². The fourth-order valence-electron chi connectivity index (χ4n) is 6.02. The van der Waals surface area contributed by atoms with Crippen LogP contribution in [0.3, 0.4) is 0 Å². The number of unbranched alkanes of at least 4 members (excludes halogenated alkanes) is 12. The van der Waals surface area contributed by atoms with Gasteiger partial charge in [-0.05, 0) is 134 Å². The van der Waals surface area contributed by atoms with Gasteiger partial charge in [-0.25, -0.2) is 9.59 Å². The Morgan fingerprint density at radius 2 is 0.754 bits per heavy atom. The number of rotatable bonds is 28. The largest absolute Gasteiger partial charge is 0.494 e. The summed E-state index contributed by atoms with van der Waals surface area (Å²) < 4.78 is 22.6. The normalized spacial score (nSPS) is 11.3. The molecular formula is C49H62N2O6. The molecule has 0 aliphatic rings. The smallest absolute Gasteiger partial charge is 0.343 e. The predicted octanol–water partition coefficient (Wildman–Crippen LogP) is 12.3. The fourth-order valence-corrected chi connectivity index (χ4v) is 6.02. The van der Waals surface area contributed by atoms with Crippen LogP contribution >= 0.6 is 0 Å². The SMILES string of the molecule is CCCCCCOc1ccc(C(=O)Oc2ccc(C=NCCCCCCCCCN=Cc3ccc(OC(=O)c4ccc(OCCCCCC)cc4)cc3)cc2)cc1. The molecule has 0 aromatic heterocycles. The maximum absolute atomic E-state index is 12.6. The van der Waals surface area contributed by atoms with Crippen LogP contribution < -0.4 is 18.9 Å². The topological polar surface area (TPSA) is 95.8 Å². The summed E-state index contributed by atoms with van der Waals surface area (Å²) >= 11 is 0. The lowest BCUT2D eigenvalue weighted by atomic mass is 10.1. The van der Waals surface area contributed by atoms with Crippen molar-refractivity contribution in [3.05, 3.63) is 119 Å². The van der Waals surface area contributed by atoms with E-state index in [0.29, 0.717) is 35.8 Å². The van der Waals surface area contributed by atoms with Crippen molar-refractivity contribution in [3.8, 4) is 23.0 Å². The highest BCUT2D eigenvalue weighted by Crippen LogP contribution is 2.19. The molecule has 0 aliphatic carbocycles. The van der Waals surface area contributed by atoms with Gasteiger partial charge in [-0.2, -0.15) is 0 Å². The number of hydrogen-bond acceptors (Lipinski definition) is 8. The molecule has 0 radical (unpaired) electrons. The number of ether oxygens (including phenoxy) is 4. The van der Waals surface area contributed by atoms with Gasteiger partial charge in [0.05, 0.1) is 24.3 Å². The molecule has 0 saturated heterocycles. The van der Waals surface area contributed by atoms with E-state index in [1.165, 1.54) is 70.6 Å². The third-order valence-corrected chi connectivity index (χ3v) is 9.45. The summed E-state index contributed by atoms with van der Waals surface area (Å²) in [6.07, 6.45) is 21.1. The molecule has 0 amide bonds. The van der Waals surface area contributed by atoms with Crippen LogP contribution in [-0.2, 0) is 0 Å². The van der Waals surface area contributed by atoms with Gasteiger partial charge in [0.1, 0.15) is 23.0 Å². The minimum atomic E-state index is -0.391. The molecule has 0 heterocycles. The van der Waals surface area contributed by atoms with Crippen molar-refractivity contribution >= 4 is 24.4 Å². The van der Waals surface area contributed by atoms with Crippen LogP contribution in [0.5, 0.6) is 23.0 Å². The number of carbonyl (C=O) groups excluding carboxylic acids is 2. The highest BCUT2D eigenvalue weighted by atomic mass is 16.5. The second-order valence-corrected chi connectivity index (χ2v) is 14.3. The average Bonchev–Trinajstić information content (AvgIpc) is 3.24. The maximum Gasteiger partial charge on any atom is 0.343 e. The Hall–Kier alpha value is -5.24. The molecule has 0 atom stereocenters. The zero-order chi connectivity index (χ0) is 40.2. The van der Waals surface area contributed by atoms with Crippen LogP contribution in [0.4, 0.5) is 0 Å². The predicted molar refractivity (Wildman–Crippen MR) is 232 cm³/mol. The Bertz CT molecular complexity index is 1620. The van der Waals surface area contributed by atoms with Crippen molar-refractivity contribution in [2.24, 2.45) is 9.98 Å². The number of aliphatic imine (C=N–C) groups is 2. The lowest BCUT2D eigenvalue weighted by Crippen LogP contribution is -2.08. The molecule has 0 fully saturated rings. The zero-order valence-corrected chi connectivity index (χ0v) is 34.2. The molecule has 0 unspecified atom stereocenters. The minimum absolute atomic E-state index is 0.391. The molecule has 0 saturated carbocycles. The molecule has 57 heavy (non-hydrogen) atoms. The van der Waals surface area contributed by atoms with Gasteiger partial charge in [0.15, 0.2) is 0 Å². The third kappa shape index (κ3) is 18.5. The summed E-state index contributed by atoms with van der Waals surface area (Å²) in [4.78, 5) is 34.3. The molecule has 8 nitrogen and oxygen atoms in total. The second-order valence-electron chi connectivity index (χ2n) is 14.3. The molecule has 0 spiro atoms. The van der Waals surface area contributed by atoms with E-state index in [1.807, 2.05) is 61.0 Å². The van der Waals surface area contributed by atoms with Gasteiger partial charge in [-0.3, -0.25) is 9.98 Å². The van der Waals surface area contributed by atoms with E-state index in [1.54, 1.807) is 48.5 Å². The van der Waals surface area contributed by atoms with E-state index in [-0.39, 0.29) is 0 Å². The highest BCUT2D eigenvalue weighted by molar-refractivity contribution is 5.92.